The van der Waals surface area contributed by atoms with E-state index in [1.807, 2.05) is 19.1 Å². The van der Waals surface area contributed by atoms with E-state index >= 15 is 0 Å². The Labute approximate surface area is 137 Å². The Hall–Kier alpha value is -1.34. The van der Waals surface area contributed by atoms with Gasteiger partial charge in [0.2, 0.25) is 9.84 Å². The second-order valence-corrected chi connectivity index (χ2v) is 8.04. The zero-order valence-corrected chi connectivity index (χ0v) is 14.5. The highest BCUT2D eigenvalue weighted by molar-refractivity contribution is 14.1. The Morgan fingerprint density at radius 2 is 1.71 bits per heavy atom. The summed E-state index contributed by atoms with van der Waals surface area (Å²) in [7, 11) is -3.58. The summed E-state index contributed by atoms with van der Waals surface area (Å²) in [6.07, 6.45) is 0. The van der Waals surface area contributed by atoms with Gasteiger partial charge in [-0.1, -0.05) is 18.2 Å². The number of halogens is 1. The van der Waals surface area contributed by atoms with Gasteiger partial charge in [-0.15, -0.1) is 0 Å². The number of furan rings is 1. The number of fused-ring (bicyclic) bond motifs is 1. The van der Waals surface area contributed by atoms with E-state index in [0.717, 1.165) is 9.13 Å². The largest absolute Gasteiger partial charge is 0.460 e. The van der Waals surface area contributed by atoms with E-state index in [-0.39, 0.29) is 9.79 Å². The average molecular weight is 412 g/mol. The molecule has 0 amide bonds. The first kappa shape index (κ1) is 14.6. The molecule has 1 heterocycles. The third kappa shape index (κ3) is 2.38. The Morgan fingerprint density at radius 1 is 1.05 bits per heavy atom. The zero-order valence-electron chi connectivity index (χ0n) is 11.6. The predicted molar refractivity (Wildman–Crippen MR) is 90.3 cm³/mol. The predicted octanol–water partition coefficient (Wildman–Crippen LogP) is 4.49. The molecule has 3 nitrogen and oxygen atoms in total. The van der Waals surface area contributed by atoms with Gasteiger partial charge in [0.25, 0.3) is 0 Å². The number of rotatable bonds is 2. The van der Waals surface area contributed by atoms with Gasteiger partial charge in [0, 0.05) is 8.96 Å². The van der Waals surface area contributed by atoms with Crippen LogP contribution in [-0.2, 0) is 9.84 Å². The Balaban J connectivity index is 2.38. The van der Waals surface area contributed by atoms with Crippen molar-refractivity contribution in [3.63, 3.8) is 0 Å². The van der Waals surface area contributed by atoms with Crippen LogP contribution in [0.25, 0.3) is 11.0 Å². The van der Waals surface area contributed by atoms with Crippen LogP contribution >= 0.6 is 22.6 Å². The highest BCUT2D eigenvalue weighted by atomic mass is 127. The van der Waals surface area contributed by atoms with Crippen LogP contribution in [0.2, 0.25) is 0 Å². The maximum atomic E-state index is 12.9. The first-order valence-corrected chi connectivity index (χ1v) is 8.97. The van der Waals surface area contributed by atoms with Crippen molar-refractivity contribution in [2.75, 3.05) is 0 Å². The summed E-state index contributed by atoms with van der Waals surface area (Å²) >= 11 is 2.19. The summed E-state index contributed by atoms with van der Waals surface area (Å²) in [6, 6.07) is 12.3. The standard InChI is InChI=1S/C16H13IO3S/c1-10-8-12(17)9-14-15(10)20-11(2)16(14)21(18,19)13-6-4-3-5-7-13/h3-9H,1-2H3. The maximum absolute atomic E-state index is 12.9. The molecule has 1 aromatic heterocycles. The van der Waals surface area contributed by atoms with Gasteiger partial charge < -0.3 is 4.42 Å². The molecule has 3 aromatic rings. The molecule has 0 spiro atoms. The van der Waals surface area contributed by atoms with Crippen molar-refractivity contribution in [1.82, 2.24) is 0 Å². The molecule has 108 valence electrons. The van der Waals surface area contributed by atoms with Gasteiger partial charge in [-0.2, -0.15) is 0 Å². The quantitative estimate of drug-likeness (QED) is 0.583. The molecule has 3 rings (SSSR count). The van der Waals surface area contributed by atoms with Crippen LogP contribution in [0.1, 0.15) is 11.3 Å². The number of benzene rings is 2. The van der Waals surface area contributed by atoms with Crippen molar-refractivity contribution in [2.45, 2.75) is 23.6 Å². The van der Waals surface area contributed by atoms with Gasteiger partial charge in [-0.05, 0) is 66.3 Å². The lowest BCUT2D eigenvalue weighted by molar-refractivity contribution is 0.556. The van der Waals surface area contributed by atoms with Gasteiger partial charge in [0.05, 0.1) is 4.90 Å². The molecule has 0 unspecified atom stereocenters. The topological polar surface area (TPSA) is 47.3 Å². The lowest BCUT2D eigenvalue weighted by Gasteiger charge is -2.04. The fourth-order valence-electron chi connectivity index (χ4n) is 2.47. The lowest BCUT2D eigenvalue weighted by Crippen LogP contribution is -2.02. The number of hydrogen-bond donors (Lipinski definition) is 0. The summed E-state index contributed by atoms with van der Waals surface area (Å²) in [4.78, 5) is 0.553. The average Bonchev–Trinajstić information content (AvgIpc) is 2.77. The first-order chi connectivity index (χ1) is 9.91. The lowest BCUT2D eigenvalue weighted by atomic mass is 10.2. The molecule has 0 bridgehead atoms. The molecule has 21 heavy (non-hydrogen) atoms. The Bertz CT molecular complexity index is 925. The molecule has 0 aliphatic heterocycles. The van der Waals surface area contributed by atoms with E-state index in [9.17, 15) is 8.42 Å². The van der Waals surface area contributed by atoms with E-state index < -0.39 is 9.84 Å². The van der Waals surface area contributed by atoms with E-state index in [4.69, 9.17) is 4.42 Å². The third-order valence-corrected chi connectivity index (χ3v) is 5.94. The summed E-state index contributed by atoms with van der Waals surface area (Å²) in [5.74, 6) is 0.430. The van der Waals surface area contributed by atoms with E-state index in [1.165, 1.54) is 0 Å². The Kier molecular flexibility index (Phi) is 3.57. The van der Waals surface area contributed by atoms with Crippen molar-refractivity contribution < 1.29 is 12.8 Å². The summed E-state index contributed by atoms with van der Waals surface area (Å²) in [6.45, 7) is 3.62. The second-order valence-electron chi connectivity index (χ2n) is 4.90. The van der Waals surface area contributed by atoms with Crippen LogP contribution in [0.3, 0.4) is 0 Å². The summed E-state index contributed by atoms with van der Waals surface area (Å²) in [5.41, 5.74) is 1.58. The van der Waals surface area contributed by atoms with E-state index in [2.05, 4.69) is 22.6 Å². The molecule has 0 aliphatic rings. The molecule has 0 saturated heterocycles. The number of sulfone groups is 1. The highest BCUT2D eigenvalue weighted by Gasteiger charge is 2.26. The van der Waals surface area contributed by atoms with Gasteiger partial charge in [-0.25, -0.2) is 8.42 Å². The van der Waals surface area contributed by atoms with Crippen molar-refractivity contribution in [2.24, 2.45) is 0 Å². The highest BCUT2D eigenvalue weighted by Crippen LogP contribution is 2.35. The minimum absolute atomic E-state index is 0.269. The normalized spacial score (nSPS) is 12.0. The number of hydrogen-bond acceptors (Lipinski definition) is 3. The van der Waals surface area contributed by atoms with E-state index in [0.29, 0.717) is 16.7 Å². The SMILES string of the molecule is Cc1oc2c(C)cc(I)cc2c1S(=O)(=O)c1ccccc1. The maximum Gasteiger partial charge on any atom is 0.210 e. The molecule has 0 fully saturated rings. The Morgan fingerprint density at radius 3 is 2.38 bits per heavy atom. The molecule has 0 atom stereocenters. The van der Waals surface area contributed by atoms with Gasteiger partial charge in [0.1, 0.15) is 16.2 Å². The van der Waals surface area contributed by atoms with Crippen LogP contribution in [-0.4, -0.2) is 8.42 Å². The van der Waals surface area contributed by atoms with Crippen LogP contribution in [0, 0.1) is 17.4 Å². The fourth-order valence-corrected chi connectivity index (χ4v) is 4.87. The first-order valence-electron chi connectivity index (χ1n) is 6.40. The molecule has 0 radical (unpaired) electrons. The van der Waals surface area contributed by atoms with Crippen LogP contribution in [0.15, 0.2) is 56.7 Å². The molecule has 0 saturated carbocycles. The van der Waals surface area contributed by atoms with Gasteiger partial charge in [0.15, 0.2) is 0 Å². The van der Waals surface area contributed by atoms with Gasteiger partial charge >= 0.3 is 0 Å². The fraction of sp³-hybridized carbons (Fsp3) is 0.125. The molecule has 5 heteroatoms. The zero-order chi connectivity index (χ0) is 15.2. The molecular formula is C16H13IO3S. The summed E-state index contributed by atoms with van der Waals surface area (Å²) in [5, 5.41) is 0.653. The van der Waals surface area contributed by atoms with Crippen molar-refractivity contribution in [1.29, 1.82) is 0 Å². The van der Waals surface area contributed by atoms with E-state index in [1.54, 1.807) is 37.3 Å². The molecular weight excluding hydrogens is 399 g/mol. The van der Waals surface area contributed by atoms with Crippen LogP contribution < -0.4 is 0 Å². The molecule has 2 aromatic carbocycles. The van der Waals surface area contributed by atoms with Gasteiger partial charge in [-0.3, -0.25) is 0 Å². The second kappa shape index (κ2) is 5.14. The van der Waals surface area contributed by atoms with Crippen molar-refractivity contribution >= 4 is 43.4 Å². The minimum atomic E-state index is -3.58. The van der Waals surface area contributed by atoms with Crippen LogP contribution in [0.4, 0.5) is 0 Å². The number of aryl methyl sites for hydroxylation is 2. The van der Waals surface area contributed by atoms with Crippen molar-refractivity contribution in [3.8, 4) is 0 Å². The summed E-state index contributed by atoms with van der Waals surface area (Å²) < 4.78 is 32.5. The van der Waals surface area contributed by atoms with Crippen molar-refractivity contribution in [3.05, 3.63) is 57.4 Å². The smallest absolute Gasteiger partial charge is 0.210 e. The van der Waals surface area contributed by atoms with Crippen LogP contribution in [0.5, 0.6) is 0 Å². The third-order valence-electron chi connectivity index (χ3n) is 3.38. The molecule has 0 aliphatic carbocycles. The monoisotopic (exact) mass is 412 g/mol. The minimum Gasteiger partial charge on any atom is -0.460 e. The molecule has 0 N–H and O–H groups in total.